The Morgan fingerprint density at radius 3 is 1.66 bits per heavy atom. The summed E-state index contributed by atoms with van der Waals surface area (Å²) in [5, 5.41) is 9.89. The van der Waals surface area contributed by atoms with Gasteiger partial charge in [-0.2, -0.15) is 0 Å². The zero-order chi connectivity index (χ0) is 33.0. The van der Waals surface area contributed by atoms with Crippen LogP contribution in [0.2, 0.25) is 0 Å². The van der Waals surface area contributed by atoms with Gasteiger partial charge in [-0.15, -0.1) is 0 Å². The number of benzene rings is 9. The molecule has 0 N–H and O–H groups in total. The molecule has 0 saturated carbocycles. The predicted molar refractivity (Wildman–Crippen MR) is 212 cm³/mol. The molecule has 0 aliphatic rings. The first-order valence-corrected chi connectivity index (χ1v) is 17.1. The quantitative estimate of drug-likeness (QED) is 0.175. The highest BCUT2D eigenvalue weighted by Gasteiger charge is 2.19. The van der Waals surface area contributed by atoms with E-state index in [9.17, 15) is 0 Å². The summed E-state index contributed by atoms with van der Waals surface area (Å²) < 4.78 is 6.33. The Hall–Kier alpha value is -6.64. The fourth-order valence-corrected chi connectivity index (χ4v) is 7.62. The lowest BCUT2D eigenvalue weighted by Gasteiger charge is -2.26. The molecule has 0 fully saturated rings. The Kier molecular flexibility index (Phi) is 6.53. The average Bonchev–Trinajstić information content (AvgIpc) is 3.58. The van der Waals surface area contributed by atoms with E-state index < -0.39 is 0 Å². The zero-order valence-corrected chi connectivity index (χ0v) is 27.3. The van der Waals surface area contributed by atoms with Gasteiger partial charge in [0.15, 0.2) is 0 Å². The molecule has 0 unspecified atom stereocenters. The van der Waals surface area contributed by atoms with Gasteiger partial charge < -0.3 is 9.32 Å². The summed E-state index contributed by atoms with van der Waals surface area (Å²) in [4.78, 5) is 2.35. The van der Waals surface area contributed by atoms with Crippen LogP contribution in [0.4, 0.5) is 17.1 Å². The first-order valence-electron chi connectivity index (χ1n) is 17.1. The second-order valence-corrected chi connectivity index (χ2v) is 12.9. The molecule has 1 aromatic heterocycles. The van der Waals surface area contributed by atoms with E-state index in [4.69, 9.17) is 4.42 Å². The molecule has 2 nitrogen and oxygen atoms in total. The van der Waals surface area contributed by atoms with Crippen molar-refractivity contribution in [2.24, 2.45) is 0 Å². The van der Waals surface area contributed by atoms with E-state index in [1.54, 1.807) is 0 Å². The summed E-state index contributed by atoms with van der Waals surface area (Å²) >= 11 is 0. The third-order valence-corrected chi connectivity index (χ3v) is 10.0. The lowest BCUT2D eigenvalue weighted by molar-refractivity contribution is 0.669. The van der Waals surface area contributed by atoms with Gasteiger partial charge in [0.25, 0.3) is 0 Å². The van der Waals surface area contributed by atoms with E-state index in [0.29, 0.717) is 0 Å². The van der Waals surface area contributed by atoms with Crippen molar-refractivity contribution in [1.82, 2.24) is 0 Å². The molecule has 0 atom stereocenters. The normalized spacial score (nSPS) is 11.6. The van der Waals surface area contributed by atoms with Gasteiger partial charge >= 0.3 is 0 Å². The predicted octanol–water partition coefficient (Wildman–Crippen LogP) is 13.8. The molecule has 10 rings (SSSR count). The van der Waals surface area contributed by atoms with Gasteiger partial charge in [-0.05, 0) is 103 Å². The number of anilines is 3. The smallest absolute Gasteiger partial charge is 0.137 e. The fourth-order valence-electron chi connectivity index (χ4n) is 7.62. The Balaban J connectivity index is 1.09. The summed E-state index contributed by atoms with van der Waals surface area (Å²) in [6, 6.07) is 67.5. The van der Waals surface area contributed by atoms with Crippen LogP contribution in [0.5, 0.6) is 0 Å². The van der Waals surface area contributed by atoms with Gasteiger partial charge in [-0.3, -0.25) is 0 Å². The number of furan rings is 1. The number of hydrogen-bond acceptors (Lipinski definition) is 2. The molecule has 50 heavy (non-hydrogen) atoms. The molecule has 2 heteroatoms. The fraction of sp³-hybridized carbons (Fsp3) is 0. The second-order valence-electron chi connectivity index (χ2n) is 12.9. The number of hydrogen-bond donors (Lipinski definition) is 0. The largest absolute Gasteiger partial charge is 0.456 e. The van der Waals surface area contributed by atoms with Crippen LogP contribution in [0.15, 0.2) is 192 Å². The Labute approximate surface area is 290 Å². The third kappa shape index (κ3) is 4.65. The highest BCUT2D eigenvalue weighted by Crippen LogP contribution is 2.44. The topological polar surface area (TPSA) is 16.4 Å². The Morgan fingerprint density at radius 2 is 0.880 bits per heavy atom. The molecule has 9 aromatic carbocycles. The standard InChI is InChI=1S/C48H31NO/c1-2-9-32(10-3-1)33-21-26-39(27-22-33)49(44-14-8-16-46-48(44)43-13-6-7-15-45(43)50-46)40-28-23-34(24-29-40)37-25-30-42-38(31-37)20-19-36-18-17-35-11-4-5-12-41(35)47(36)42/h1-31H. The minimum absolute atomic E-state index is 0.877. The molecular weight excluding hydrogens is 607 g/mol. The number of para-hydroxylation sites is 1. The maximum Gasteiger partial charge on any atom is 0.137 e. The number of nitrogens with zero attached hydrogens (tertiary/aromatic N) is 1. The molecule has 0 amide bonds. The average molecular weight is 638 g/mol. The monoisotopic (exact) mass is 637 g/mol. The van der Waals surface area contributed by atoms with Gasteiger partial charge in [0.05, 0.1) is 11.1 Å². The zero-order valence-electron chi connectivity index (χ0n) is 27.3. The van der Waals surface area contributed by atoms with Gasteiger partial charge in [0, 0.05) is 16.8 Å². The van der Waals surface area contributed by atoms with Crippen molar-refractivity contribution >= 4 is 71.3 Å². The molecule has 0 aliphatic carbocycles. The molecule has 10 aromatic rings. The third-order valence-electron chi connectivity index (χ3n) is 10.0. The lowest BCUT2D eigenvalue weighted by Crippen LogP contribution is -2.10. The van der Waals surface area contributed by atoms with Gasteiger partial charge in [0.2, 0.25) is 0 Å². The van der Waals surface area contributed by atoms with Crippen molar-refractivity contribution in [3.8, 4) is 22.3 Å². The van der Waals surface area contributed by atoms with E-state index in [2.05, 4.69) is 181 Å². The molecule has 0 saturated heterocycles. The highest BCUT2D eigenvalue weighted by atomic mass is 16.3. The summed E-state index contributed by atoms with van der Waals surface area (Å²) in [6.07, 6.45) is 0. The Morgan fingerprint density at radius 1 is 0.320 bits per heavy atom. The van der Waals surface area contributed by atoms with Gasteiger partial charge in [-0.1, -0.05) is 140 Å². The molecule has 0 radical (unpaired) electrons. The van der Waals surface area contributed by atoms with Crippen molar-refractivity contribution in [3.63, 3.8) is 0 Å². The summed E-state index contributed by atoms with van der Waals surface area (Å²) in [7, 11) is 0. The van der Waals surface area contributed by atoms with Crippen LogP contribution < -0.4 is 4.90 Å². The van der Waals surface area contributed by atoms with Crippen LogP contribution in [0.25, 0.3) is 76.5 Å². The van der Waals surface area contributed by atoms with E-state index >= 15 is 0 Å². The van der Waals surface area contributed by atoms with Crippen LogP contribution in [0, 0.1) is 0 Å². The number of fused-ring (bicyclic) bond motifs is 8. The SMILES string of the molecule is c1ccc(-c2ccc(N(c3ccc(-c4ccc5c(ccc6ccc7ccccc7c65)c4)cc3)c3cccc4oc5ccccc5c34)cc2)cc1. The first kappa shape index (κ1) is 28.4. The number of rotatable bonds is 5. The van der Waals surface area contributed by atoms with Gasteiger partial charge in [0.1, 0.15) is 11.2 Å². The first-order chi connectivity index (χ1) is 24.8. The molecule has 0 aliphatic heterocycles. The van der Waals surface area contributed by atoms with E-state index in [-0.39, 0.29) is 0 Å². The van der Waals surface area contributed by atoms with E-state index in [1.165, 1.54) is 54.6 Å². The maximum atomic E-state index is 6.33. The minimum atomic E-state index is 0.877. The molecular formula is C48H31NO. The van der Waals surface area contributed by atoms with Crippen LogP contribution >= 0.6 is 0 Å². The van der Waals surface area contributed by atoms with Crippen molar-refractivity contribution in [2.45, 2.75) is 0 Å². The molecule has 0 bridgehead atoms. The summed E-state index contributed by atoms with van der Waals surface area (Å²) in [5.74, 6) is 0. The van der Waals surface area contributed by atoms with Crippen molar-refractivity contribution in [2.75, 3.05) is 4.90 Å². The van der Waals surface area contributed by atoms with Crippen LogP contribution in [0.1, 0.15) is 0 Å². The molecule has 234 valence electrons. The van der Waals surface area contributed by atoms with Crippen LogP contribution in [-0.2, 0) is 0 Å². The van der Waals surface area contributed by atoms with Crippen molar-refractivity contribution in [1.29, 1.82) is 0 Å². The lowest BCUT2D eigenvalue weighted by atomic mass is 9.94. The summed E-state index contributed by atoms with van der Waals surface area (Å²) in [5.41, 5.74) is 9.78. The van der Waals surface area contributed by atoms with Crippen LogP contribution in [-0.4, -0.2) is 0 Å². The van der Waals surface area contributed by atoms with Crippen LogP contribution in [0.3, 0.4) is 0 Å². The maximum absolute atomic E-state index is 6.33. The molecule has 1 heterocycles. The Bertz CT molecular complexity index is 2850. The van der Waals surface area contributed by atoms with E-state index in [1.807, 2.05) is 12.1 Å². The van der Waals surface area contributed by atoms with Gasteiger partial charge in [-0.25, -0.2) is 0 Å². The molecule has 0 spiro atoms. The highest BCUT2D eigenvalue weighted by molar-refractivity contribution is 6.20. The minimum Gasteiger partial charge on any atom is -0.456 e. The second kappa shape index (κ2) is 11.5. The van der Waals surface area contributed by atoms with Crippen molar-refractivity contribution < 1.29 is 4.42 Å². The van der Waals surface area contributed by atoms with E-state index in [0.717, 1.165) is 39.0 Å². The van der Waals surface area contributed by atoms with Crippen molar-refractivity contribution in [3.05, 3.63) is 188 Å². The summed E-state index contributed by atoms with van der Waals surface area (Å²) in [6.45, 7) is 0.